The van der Waals surface area contributed by atoms with Gasteiger partial charge in [-0.2, -0.15) is 0 Å². The minimum absolute atomic E-state index is 0.748. The summed E-state index contributed by atoms with van der Waals surface area (Å²) in [5.74, 6) is 1.60. The molecular formula is C17H27ClN2. The summed E-state index contributed by atoms with van der Waals surface area (Å²) in [5, 5.41) is 4.43. The maximum Gasteiger partial charge on any atom is 0.0409 e. The van der Waals surface area contributed by atoms with Crippen LogP contribution in [0, 0.1) is 11.8 Å². The van der Waals surface area contributed by atoms with Gasteiger partial charge in [-0.1, -0.05) is 37.6 Å². The van der Waals surface area contributed by atoms with Gasteiger partial charge < -0.3 is 5.32 Å². The summed E-state index contributed by atoms with van der Waals surface area (Å²) in [4.78, 5) is 2.55. The van der Waals surface area contributed by atoms with Crippen molar-refractivity contribution in [3.63, 3.8) is 0 Å². The van der Waals surface area contributed by atoms with E-state index in [-0.39, 0.29) is 0 Å². The molecule has 1 N–H and O–H groups in total. The topological polar surface area (TPSA) is 15.3 Å². The van der Waals surface area contributed by atoms with E-state index in [9.17, 15) is 0 Å². The van der Waals surface area contributed by atoms with E-state index in [2.05, 4.69) is 36.2 Å². The van der Waals surface area contributed by atoms with Crippen molar-refractivity contribution in [1.82, 2.24) is 10.2 Å². The van der Waals surface area contributed by atoms with Gasteiger partial charge in [0, 0.05) is 11.6 Å². The van der Waals surface area contributed by atoms with Crippen LogP contribution in [-0.2, 0) is 6.54 Å². The van der Waals surface area contributed by atoms with Crippen molar-refractivity contribution >= 4 is 11.6 Å². The van der Waals surface area contributed by atoms with Crippen LogP contribution in [0.25, 0.3) is 0 Å². The van der Waals surface area contributed by atoms with Crippen molar-refractivity contribution in [3.8, 4) is 0 Å². The second kappa shape index (κ2) is 8.02. The Hall–Kier alpha value is -0.570. The van der Waals surface area contributed by atoms with Gasteiger partial charge in [0.15, 0.2) is 0 Å². The minimum Gasteiger partial charge on any atom is -0.316 e. The molecular weight excluding hydrogens is 268 g/mol. The molecule has 0 radical (unpaired) electrons. The van der Waals surface area contributed by atoms with E-state index in [4.69, 9.17) is 11.6 Å². The first kappa shape index (κ1) is 15.8. The van der Waals surface area contributed by atoms with E-state index >= 15 is 0 Å². The largest absolute Gasteiger partial charge is 0.316 e. The van der Waals surface area contributed by atoms with Crippen molar-refractivity contribution in [1.29, 1.82) is 0 Å². The number of hydrogen-bond donors (Lipinski definition) is 1. The van der Waals surface area contributed by atoms with E-state index in [0.29, 0.717) is 0 Å². The number of nitrogens with zero attached hydrogens (tertiary/aromatic N) is 1. The van der Waals surface area contributed by atoms with Gasteiger partial charge in [0.2, 0.25) is 0 Å². The Morgan fingerprint density at radius 3 is 2.70 bits per heavy atom. The Balaban J connectivity index is 1.69. The number of likely N-dealkylation sites (tertiary alicyclic amines) is 1. The fourth-order valence-corrected chi connectivity index (χ4v) is 3.03. The molecule has 1 fully saturated rings. The lowest BCUT2D eigenvalue weighted by Gasteiger charge is -2.32. The summed E-state index contributed by atoms with van der Waals surface area (Å²) in [7, 11) is 0. The lowest BCUT2D eigenvalue weighted by atomic mass is 9.96. The molecule has 1 aliphatic rings. The summed E-state index contributed by atoms with van der Waals surface area (Å²) in [6.45, 7) is 10.3. The number of piperidine rings is 1. The number of nitrogens with one attached hydrogen (secondary N) is 1. The average molecular weight is 295 g/mol. The zero-order valence-electron chi connectivity index (χ0n) is 12.7. The number of rotatable bonds is 6. The van der Waals surface area contributed by atoms with E-state index < -0.39 is 0 Å². The van der Waals surface area contributed by atoms with Crippen LogP contribution in [0.1, 0.15) is 32.3 Å². The average Bonchev–Trinajstić information content (AvgIpc) is 2.40. The fraction of sp³-hybridized carbons (Fsp3) is 0.647. The molecule has 0 aromatic heterocycles. The molecule has 0 atom stereocenters. The molecule has 0 amide bonds. The minimum atomic E-state index is 0.748. The standard InChI is InChI=1S/C17H27ClN2/c1-14(2)11-19-12-15-6-8-20(9-7-15)13-16-4-3-5-17(18)10-16/h3-5,10,14-15,19H,6-9,11-13H2,1-2H3. The lowest BCUT2D eigenvalue weighted by molar-refractivity contribution is 0.175. The Bertz CT molecular complexity index is 398. The number of benzene rings is 1. The molecule has 20 heavy (non-hydrogen) atoms. The van der Waals surface area contributed by atoms with Crippen LogP contribution < -0.4 is 5.32 Å². The van der Waals surface area contributed by atoms with Gasteiger partial charge in [0.05, 0.1) is 0 Å². The predicted molar refractivity (Wildman–Crippen MR) is 87.2 cm³/mol. The van der Waals surface area contributed by atoms with E-state index in [1.807, 2.05) is 12.1 Å². The summed E-state index contributed by atoms with van der Waals surface area (Å²) in [5.41, 5.74) is 1.33. The van der Waals surface area contributed by atoms with Gasteiger partial charge in [0.25, 0.3) is 0 Å². The molecule has 112 valence electrons. The molecule has 1 heterocycles. The normalized spacial score (nSPS) is 17.8. The third-order valence-electron chi connectivity index (χ3n) is 3.99. The monoisotopic (exact) mass is 294 g/mol. The lowest BCUT2D eigenvalue weighted by Crippen LogP contribution is -2.37. The number of halogens is 1. The van der Waals surface area contributed by atoms with Crippen LogP contribution >= 0.6 is 11.6 Å². The highest BCUT2D eigenvalue weighted by molar-refractivity contribution is 6.30. The van der Waals surface area contributed by atoms with Crippen LogP contribution in [0.15, 0.2) is 24.3 Å². The predicted octanol–water partition coefficient (Wildman–Crippen LogP) is 3.80. The molecule has 1 aliphatic heterocycles. The molecule has 2 nitrogen and oxygen atoms in total. The van der Waals surface area contributed by atoms with Gasteiger partial charge >= 0.3 is 0 Å². The molecule has 1 aromatic rings. The van der Waals surface area contributed by atoms with E-state index in [1.165, 1.54) is 38.0 Å². The van der Waals surface area contributed by atoms with Crippen molar-refractivity contribution in [2.24, 2.45) is 11.8 Å². The van der Waals surface area contributed by atoms with Crippen molar-refractivity contribution in [3.05, 3.63) is 34.9 Å². The summed E-state index contributed by atoms with van der Waals surface area (Å²) >= 11 is 6.04. The Kier molecular flexibility index (Phi) is 6.34. The molecule has 1 saturated heterocycles. The highest BCUT2D eigenvalue weighted by Gasteiger charge is 2.18. The molecule has 3 heteroatoms. The zero-order valence-corrected chi connectivity index (χ0v) is 13.5. The quantitative estimate of drug-likeness (QED) is 0.858. The summed E-state index contributed by atoms with van der Waals surface area (Å²) in [6.07, 6.45) is 2.62. The maximum atomic E-state index is 6.04. The third-order valence-corrected chi connectivity index (χ3v) is 4.22. The highest BCUT2D eigenvalue weighted by atomic mass is 35.5. The summed E-state index contributed by atoms with van der Waals surface area (Å²) in [6, 6.07) is 8.23. The van der Waals surface area contributed by atoms with Gasteiger partial charge in [-0.25, -0.2) is 0 Å². The van der Waals surface area contributed by atoms with Crippen molar-refractivity contribution < 1.29 is 0 Å². The van der Waals surface area contributed by atoms with E-state index in [1.54, 1.807) is 0 Å². The van der Waals surface area contributed by atoms with Crippen LogP contribution in [0.4, 0.5) is 0 Å². The smallest absolute Gasteiger partial charge is 0.0409 e. The summed E-state index contributed by atoms with van der Waals surface area (Å²) < 4.78 is 0. The molecule has 1 aromatic carbocycles. The third kappa shape index (κ3) is 5.43. The van der Waals surface area contributed by atoms with Crippen LogP contribution in [0.3, 0.4) is 0 Å². The Morgan fingerprint density at radius 1 is 1.30 bits per heavy atom. The number of hydrogen-bond acceptors (Lipinski definition) is 2. The molecule has 0 bridgehead atoms. The van der Waals surface area contributed by atoms with Gasteiger partial charge in [-0.05, 0) is 68.6 Å². The molecule has 0 unspecified atom stereocenters. The molecule has 0 saturated carbocycles. The Labute approximate surface area is 128 Å². The van der Waals surface area contributed by atoms with Crippen molar-refractivity contribution in [2.45, 2.75) is 33.2 Å². The van der Waals surface area contributed by atoms with Gasteiger partial charge in [-0.3, -0.25) is 4.90 Å². The van der Waals surface area contributed by atoms with Crippen molar-refractivity contribution in [2.75, 3.05) is 26.2 Å². The first-order valence-corrected chi connectivity index (χ1v) is 8.19. The maximum absolute atomic E-state index is 6.04. The molecule has 2 rings (SSSR count). The highest BCUT2D eigenvalue weighted by Crippen LogP contribution is 2.19. The van der Waals surface area contributed by atoms with Gasteiger partial charge in [-0.15, -0.1) is 0 Å². The van der Waals surface area contributed by atoms with Crippen LogP contribution in [0.2, 0.25) is 5.02 Å². The Morgan fingerprint density at radius 2 is 2.05 bits per heavy atom. The first-order valence-electron chi connectivity index (χ1n) is 7.81. The second-order valence-corrected chi connectivity index (χ2v) is 6.84. The van der Waals surface area contributed by atoms with E-state index in [0.717, 1.165) is 29.9 Å². The fourth-order valence-electron chi connectivity index (χ4n) is 2.82. The first-order chi connectivity index (χ1) is 9.63. The van der Waals surface area contributed by atoms with Crippen LogP contribution in [-0.4, -0.2) is 31.1 Å². The van der Waals surface area contributed by atoms with Crippen LogP contribution in [0.5, 0.6) is 0 Å². The molecule has 0 aliphatic carbocycles. The second-order valence-electron chi connectivity index (χ2n) is 6.40. The SMILES string of the molecule is CC(C)CNCC1CCN(Cc2cccc(Cl)c2)CC1. The zero-order chi connectivity index (χ0) is 14.4. The molecule has 0 spiro atoms. The van der Waals surface area contributed by atoms with Gasteiger partial charge in [0.1, 0.15) is 0 Å².